The summed E-state index contributed by atoms with van der Waals surface area (Å²) in [7, 11) is 0. The van der Waals surface area contributed by atoms with Gasteiger partial charge in [-0.3, -0.25) is 14.5 Å². The van der Waals surface area contributed by atoms with E-state index in [4.69, 9.17) is 16.3 Å². The molecular weight excluding hydrogens is 292 g/mol. The topological polar surface area (TPSA) is 58.6 Å². The van der Waals surface area contributed by atoms with Crippen LogP contribution in [0.1, 0.15) is 18.9 Å². The Hall–Kier alpha value is -1.59. The van der Waals surface area contributed by atoms with Crippen molar-refractivity contribution in [2.45, 2.75) is 26.3 Å². The van der Waals surface area contributed by atoms with Crippen LogP contribution in [0.25, 0.3) is 0 Å². The molecule has 1 amide bonds. The minimum atomic E-state index is -0.511. The molecule has 1 saturated heterocycles. The predicted octanol–water partition coefficient (Wildman–Crippen LogP) is 2.22. The highest BCUT2D eigenvalue weighted by atomic mass is 35.5. The Balaban J connectivity index is 2.03. The second kappa shape index (κ2) is 6.91. The number of halogens is 1. The number of carbonyl (C=O) groups excluding carboxylic acids is 2. The summed E-state index contributed by atoms with van der Waals surface area (Å²) in [6.07, 6.45) is 0.0820. The van der Waals surface area contributed by atoms with Gasteiger partial charge >= 0.3 is 5.97 Å². The zero-order chi connectivity index (χ0) is 15.4. The van der Waals surface area contributed by atoms with Crippen LogP contribution in [-0.2, 0) is 14.3 Å². The van der Waals surface area contributed by atoms with E-state index in [0.717, 1.165) is 5.56 Å². The van der Waals surface area contributed by atoms with Crippen LogP contribution in [0.5, 0.6) is 0 Å². The van der Waals surface area contributed by atoms with Crippen molar-refractivity contribution >= 4 is 29.2 Å². The maximum atomic E-state index is 12.2. The summed E-state index contributed by atoms with van der Waals surface area (Å²) in [5.41, 5.74) is 1.48. The van der Waals surface area contributed by atoms with Crippen LogP contribution in [0.15, 0.2) is 18.2 Å². The fourth-order valence-corrected chi connectivity index (χ4v) is 2.55. The van der Waals surface area contributed by atoms with Crippen LogP contribution >= 0.6 is 11.6 Å². The molecule has 6 heteroatoms. The van der Waals surface area contributed by atoms with E-state index in [1.807, 2.05) is 18.7 Å². The molecule has 1 aromatic carbocycles. The molecule has 0 aromatic heterocycles. The van der Waals surface area contributed by atoms with Gasteiger partial charge in [0.05, 0.1) is 6.42 Å². The number of nitrogens with one attached hydrogen (secondary N) is 1. The van der Waals surface area contributed by atoms with Gasteiger partial charge in [-0.15, -0.1) is 0 Å². The molecule has 1 fully saturated rings. The summed E-state index contributed by atoms with van der Waals surface area (Å²) < 4.78 is 5.03. The molecule has 0 spiro atoms. The van der Waals surface area contributed by atoms with Gasteiger partial charge in [-0.05, 0) is 31.2 Å². The van der Waals surface area contributed by atoms with Crippen LogP contribution in [-0.4, -0.2) is 42.5 Å². The van der Waals surface area contributed by atoms with E-state index in [1.54, 1.807) is 18.2 Å². The molecule has 1 unspecified atom stereocenters. The lowest BCUT2D eigenvalue weighted by molar-refractivity contribution is -0.158. The highest BCUT2D eigenvalue weighted by molar-refractivity contribution is 6.31. The second-order valence-corrected chi connectivity index (χ2v) is 5.38. The number of morpholine rings is 1. The van der Waals surface area contributed by atoms with Gasteiger partial charge in [0.2, 0.25) is 5.91 Å². The molecule has 0 bridgehead atoms. The fourth-order valence-electron chi connectivity index (χ4n) is 2.38. The van der Waals surface area contributed by atoms with Crippen LogP contribution in [0.2, 0.25) is 5.02 Å². The number of hydrogen-bond donors (Lipinski definition) is 1. The number of amides is 1. The first-order chi connectivity index (χ1) is 10.0. The van der Waals surface area contributed by atoms with Crippen molar-refractivity contribution in [3.63, 3.8) is 0 Å². The molecule has 0 saturated carbocycles. The van der Waals surface area contributed by atoms with Crippen molar-refractivity contribution in [3.05, 3.63) is 28.8 Å². The number of esters is 1. The van der Waals surface area contributed by atoms with E-state index in [9.17, 15) is 9.59 Å². The number of hydrogen-bond acceptors (Lipinski definition) is 4. The Kier molecular flexibility index (Phi) is 5.20. The Morgan fingerprint density at radius 1 is 1.52 bits per heavy atom. The summed E-state index contributed by atoms with van der Waals surface area (Å²) >= 11 is 6.02. The summed E-state index contributed by atoms with van der Waals surface area (Å²) in [5.74, 6) is -0.552. The lowest BCUT2D eigenvalue weighted by atomic mass is 10.1. The molecule has 5 nitrogen and oxygen atoms in total. The van der Waals surface area contributed by atoms with E-state index in [0.29, 0.717) is 30.4 Å². The van der Waals surface area contributed by atoms with Crippen molar-refractivity contribution in [1.82, 2.24) is 4.90 Å². The van der Waals surface area contributed by atoms with Crippen molar-refractivity contribution in [2.75, 3.05) is 25.0 Å². The fraction of sp³-hybridized carbons (Fsp3) is 0.467. The molecular formula is C15H19ClN2O3. The zero-order valence-electron chi connectivity index (χ0n) is 12.2. The molecule has 0 radical (unpaired) electrons. The van der Waals surface area contributed by atoms with Gasteiger partial charge in [-0.2, -0.15) is 0 Å². The van der Waals surface area contributed by atoms with Crippen LogP contribution in [0, 0.1) is 6.92 Å². The number of carbonyl (C=O) groups is 2. The molecule has 2 rings (SSSR count). The summed E-state index contributed by atoms with van der Waals surface area (Å²) in [5, 5.41) is 3.40. The molecule has 114 valence electrons. The third-order valence-corrected chi connectivity index (χ3v) is 4.07. The number of ether oxygens (including phenoxy) is 1. The van der Waals surface area contributed by atoms with Gasteiger partial charge in [-0.1, -0.05) is 24.6 Å². The number of likely N-dealkylation sites (N-methyl/N-ethyl adjacent to an activating group) is 1. The smallest absolute Gasteiger partial charge is 0.323 e. The molecule has 21 heavy (non-hydrogen) atoms. The highest BCUT2D eigenvalue weighted by Crippen LogP contribution is 2.23. The number of anilines is 1. The Morgan fingerprint density at radius 3 is 3.00 bits per heavy atom. The molecule has 1 atom stereocenters. The molecule has 1 heterocycles. The molecule has 1 aromatic rings. The standard InChI is InChI=1S/C15H19ClN2O3/c1-3-18-7-8-21-15(20)13(18)9-14(19)17-12-6-4-5-11(16)10(12)2/h4-6,13H,3,7-9H2,1-2H3,(H,17,19). The van der Waals surface area contributed by atoms with Crippen LogP contribution < -0.4 is 5.32 Å². The maximum Gasteiger partial charge on any atom is 0.323 e. The first-order valence-electron chi connectivity index (χ1n) is 6.98. The van der Waals surface area contributed by atoms with E-state index < -0.39 is 6.04 Å². The second-order valence-electron chi connectivity index (χ2n) is 4.98. The van der Waals surface area contributed by atoms with E-state index in [1.165, 1.54) is 0 Å². The van der Waals surface area contributed by atoms with Gasteiger partial charge < -0.3 is 10.1 Å². The van der Waals surface area contributed by atoms with Crippen LogP contribution in [0.3, 0.4) is 0 Å². The predicted molar refractivity (Wildman–Crippen MR) is 81.4 cm³/mol. The lowest BCUT2D eigenvalue weighted by Gasteiger charge is -2.32. The Morgan fingerprint density at radius 2 is 2.29 bits per heavy atom. The molecule has 1 aliphatic rings. The van der Waals surface area contributed by atoms with E-state index in [2.05, 4.69) is 5.32 Å². The number of cyclic esters (lactones) is 1. The van der Waals surface area contributed by atoms with Crippen molar-refractivity contribution in [2.24, 2.45) is 0 Å². The monoisotopic (exact) mass is 310 g/mol. The van der Waals surface area contributed by atoms with Crippen molar-refractivity contribution in [3.8, 4) is 0 Å². The summed E-state index contributed by atoms with van der Waals surface area (Å²) in [6.45, 7) is 5.56. The largest absolute Gasteiger partial charge is 0.463 e. The Labute approximate surface area is 129 Å². The maximum absolute atomic E-state index is 12.2. The van der Waals surface area contributed by atoms with Crippen molar-refractivity contribution < 1.29 is 14.3 Å². The molecule has 1 N–H and O–H groups in total. The minimum Gasteiger partial charge on any atom is -0.463 e. The summed E-state index contributed by atoms with van der Waals surface area (Å²) in [6, 6.07) is 4.82. The quantitative estimate of drug-likeness (QED) is 0.866. The zero-order valence-corrected chi connectivity index (χ0v) is 12.9. The van der Waals surface area contributed by atoms with E-state index >= 15 is 0 Å². The Bertz CT molecular complexity index is 548. The number of benzene rings is 1. The lowest BCUT2D eigenvalue weighted by Crippen LogP contribution is -2.50. The number of rotatable bonds is 4. The highest BCUT2D eigenvalue weighted by Gasteiger charge is 2.32. The SMILES string of the molecule is CCN1CCOC(=O)C1CC(=O)Nc1cccc(Cl)c1C. The summed E-state index contributed by atoms with van der Waals surface area (Å²) in [4.78, 5) is 25.9. The first kappa shape index (κ1) is 15.8. The number of nitrogens with zero attached hydrogens (tertiary/aromatic N) is 1. The average Bonchev–Trinajstić information content (AvgIpc) is 2.46. The van der Waals surface area contributed by atoms with Crippen molar-refractivity contribution in [1.29, 1.82) is 0 Å². The van der Waals surface area contributed by atoms with Crippen LogP contribution in [0.4, 0.5) is 5.69 Å². The van der Waals surface area contributed by atoms with Gasteiger partial charge in [0.25, 0.3) is 0 Å². The van der Waals surface area contributed by atoms with E-state index in [-0.39, 0.29) is 18.3 Å². The van der Waals surface area contributed by atoms with Gasteiger partial charge in [-0.25, -0.2) is 0 Å². The minimum absolute atomic E-state index is 0.0820. The third-order valence-electron chi connectivity index (χ3n) is 3.66. The average molecular weight is 311 g/mol. The van der Waals surface area contributed by atoms with Gasteiger partial charge in [0, 0.05) is 17.3 Å². The molecule has 1 aliphatic heterocycles. The first-order valence-corrected chi connectivity index (χ1v) is 7.36. The molecule has 0 aliphatic carbocycles. The third kappa shape index (κ3) is 3.74. The van der Waals surface area contributed by atoms with Gasteiger partial charge in [0.15, 0.2) is 0 Å². The van der Waals surface area contributed by atoms with Gasteiger partial charge in [0.1, 0.15) is 12.6 Å². The normalized spacial score (nSPS) is 19.2.